The predicted octanol–water partition coefficient (Wildman–Crippen LogP) is 5.28. The number of benzene rings is 2. The van der Waals surface area contributed by atoms with Gasteiger partial charge >= 0.3 is 0 Å². The molecule has 4 amide bonds. The molecule has 214 valence electrons. The summed E-state index contributed by atoms with van der Waals surface area (Å²) in [5, 5.41) is 11.1. The van der Waals surface area contributed by atoms with Crippen molar-refractivity contribution < 1.29 is 29.0 Å². The lowest BCUT2D eigenvalue weighted by atomic mass is 9.56. The van der Waals surface area contributed by atoms with Gasteiger partial charge in [0, 0.05) is 10.9 Å². The van der Waals surface area contributed by atoms with Crippen LogP contribution in [0.5, 0.6) is 11.5 Å². The number of carbonyl (C=O) groups is 4. The lowest BCUT2D eigenvalue weighted by molar-refractivity contribution is -0.138. The van der Waals surface area contributed by atoms with E-state index in [9.17, 15) is 24.3 Å². The van der Waals surface area contributed by atoms with Gasteiger partial charge in [-0.15, -0.1) is 23.2 Å². The second kappa shape index (κ2) is 9.73. The smallest absolute Gasteiger partial charge is 0.254 e. The number of hydrogen-bond acceptors (Lipinski definition) is 6. The van der Waals surface area contributed by atoms with E-state index in [1.807, 2.05) is 13.0 Å². The van der Waals surface area contributed by atoms with Gasteiger partial charge in [0.15, 0.2) is 21.2 Å². The number of rotatable bonds is 4. The summed E-state index contributed by atoms with van der Waals surface area (Å²) in [4.78, 5) is 53.5. The standard InChI is InChI=1S/C29H24BrCl3N2O6/c1-13-3-5-15(10-19(13)31)35-24(37)17-7-6-16-18(22(17)25(35)38)11-28(32)26(39)34(12-30)27(40)29(28,33)23(16)14-4-8-21(41-2)20(36)9-14/h3-6,8-10,17-18,22-23,36H,7,11-12H2,1-2H3. The fourth-order valence-corrected chi connectivity index (χ4v) is 8.59. The number of phenolic OH excluding ortho intramolecular Hbond substituents is 1. The van der Waals surface area contributed by atoms with Gasteiger partial charge in [0.05, 0.1) is 30.1 Å². The molecule has 2 aromatic rings. The van der Waals surface area contributed by atoms with Crippen molar-refractivity contribution >= 4 is 80.0 Å². The Hall–Kier alpha value is -2.59. The number of aromatic hydroxyl groups is 1. The first-order chi connectivity index (χ1) is 19.4. The SMILES string of the molecule is COc1ccc(C2C3=CCC4C(=O)N(c5ccc(C)c(Cl)c5)C(=O)C4C3CC3(Cl)C(=O)N(CBr)C(=O)C23Cl)cc1O. The van der Waals surface area contributed by atoms with Gasteiger partial charge in [-0.2, -0.15) is 0 Å². The highest BCUT2D eigenvalue weighted by Crippen LogP contribution is 2.65. The molecule has 6 unspecified atom stereocenters. The maximum absolute atomic E-state index is 14.1. The molecule has 3 fully saturated rings. The number of carbonyl (C=O) groups excluding carboxylic acids is 4. The highest BCUT2D eigenvalue weighted by atomic mass is 79.9. The van der Waals surface area contributed by atoms with E-state index in [-0.39, 0.29) is 35.7 Å². The minimum absolute atomic E-state index is 0.122. The number of fused-ring (bicyclic) bond motifs is 4. The number of hydrogen-bond donors (Lipinski definition) is 1. The van der Waals surface area contributed by atoms with E-state index < -0.39 is 51.1 Å². The number of alkyl halides is 3. The molecule has 2 aromatic carbocycles. The highest BCUT2D eigenvalue weighted by Gasteiger charge is 2.76. The van der Waals surface area contributed by atoms with E-state index in [0.717, 1.165) is 15.4 Å². The van der Waals surface area contributed by atoms with Crippen molar-refractivity contribution in [3.8, 4) is 11.5 Å². The third kappa shape index (κ3) is 3.71. The summed E-state index contributed by atoms with van der Waals surface area (Å²) in [6, 6.07) is 9.61. The van der Waals surface area contributed by atoms with Gasteiger partial charge in [-0.3, -0.25) is 24.1 Å². The molecule has 0 radical (unpaired) electrons. The molecule has 6 rings (SSSR count). The minimum atomic E-state index is -1.95. The monoisotopic (exact) mass is 680 g/mol. The zero-order chi connectivity index (χ0) is 29.6. The molecule has 2 heterocycles. The molecule has 8 nitrogen and oxygen atoms in total. The second-order valence-electron chi connectivity index (χ2n) is 10.9. The summed E-state index contributed by atoms with van der Waals surface area (Å²) in [6.45, 7) is 1.82. The average Bonchev–Trinajstić information content (AvgIpc) is 3.28. The molecule has 0 spiro atoms. The van der Waals surface area contributed by atoms with Crippen LogP contribution >= 0.6 is 50.7 Å². The summed E-state index contributed by atoms with van der Waals surface area (Å²) in [7, 11) is 1.41. The number of allylic oxidation sites excluding steroid dienone is 2. The summed E-state index contributed by atoms with van der Waals surface area (Å²) in [6.07, 6.45) is 1.94. The normalized spacial score (nSPS) is 32.6. The maximum atomic E-state index is 14.1. The van der Waals surface area contributed by atoms with Crippen LogP contribution in [0.15, 0.2) is 48.0 Å². The summed E-state index contributed by atoms with van der Waals surface area (Å²) < 4.78 is 5.19. The summed E-state index contributed by atoms with van der Waals surface area (Å²) in [5.74, 6) is -5.32. The molecule has 2 saturated heterocycles. The Balaban J connectivity index is 1.51. The first kappa shape index (κ1) is 28.5. The maximum Gasteiger partial charge on any atom is 0.254 e. The zero-order valence-electron chi connectivity index (χ0n) is 21.9. The Labute approximate surface area is 259 Å². The Morgan fingerprint density at radius 1 is 1.05 bits per heavy atom. The van der Waals surface area contributed by atoms with Gasteiger partial charge in [-0.1, -0.05) is 51.3 Å². The molecular weight excluding hydrogens is 659 g/mol. The van der Waals surface area contributed by atoms with Crippen molar-refractivity contribution in [1.29, 1.82) is 0 Å². The number of likely N-dealkylation sites (tertiary alicyclic amines) is 1. The third-order valence-electron chi connectivity index (χ3n) is 8.96. The molecule has 1 N–H and O–H groups in total. The molecule has 0 bridgehead atoms. The van der Waals surface area contributed by atoms with Crippen LogP contribution in [-0.4, -0.2) is 55.9 Å². The molecule has 12 heteroatoms. The highest BCUT2D eigenvalue weighted by molar-refractivity contribution is 9.09. The number of methoxy groups -OCH3 is 1. The summed E-state index contributed by atoms with van der Waals surface area (Å²) in [5.41, 5.74) is 2.10. The lowest BCUT2D eigenvalue weighted by Gasteiger charge is -2.50. The van der Waals surface area contributed by atoms with Crippen molar-refractivity contribution in [2.24, 2.45) is 17.8 Å². The molecule has 4 aliphatic rings. The largest absolute Gasteiger partial charge is 0.504 e. The van der Waals surface area contributed by atoms with Crippen molar-refractivity contribution in [2.45, 2.75) is 35.4 Å². The number of halogens is 4. The van der Waals surface area contributed by atoms with Gasteiger partial charge in [0.1, 0.15) is 0 Å². The second-order valence-corrected chi connectivity index (χ2v) is 13.0. The van der Waals surface area contributed by atoms with Crippen LogP contribution in [0.3, 0.4) is 0 Å². The van der Waals surface area contributed by atoms with Crippen LogP contribution in [0.4, 0.5) is 5.69 Å². The summed E-state index contributed by atoms with van der Waals surface area (Å²) >= 11 is 23.9. The van der Waals surface area contributed by atoms with Crippen LogP contribution in [0.1, 0.15) is 29.9 Å². The van der Waals surface area contributed by atoms with Crippen LogP contribution < -0.4 is 9.64 Å². The van der Waals surface area contributed by atoms with Gasteiger partial charge < -0.3 is 9.84 Å². The van der Waals surface area contributed by atoms with Gasteiger partial charge in [0.2, 0.25) is 11.8 Å². The van der Waals surface area contributed by atoms with E-state index in [0.29, 0.717) is 21.8 Å². The van der Waals surface area contributed by atoms with Crippen LogP contribution in [-0.2, 0) is 19.2 Å². The number of ether oxygens (including phenoxy) is 1. The Bertz CT molecular complexity index is 1580. The number of phenols is 1. The van der Waals surface area contributed by atoms with Crippen molar-refractivity contribution in [3.05, 3.63) is 64.2 Å². The Morgan fingerprint density at radius 2 is 1.78 bits per heavy atom. The zero-order valence-corrected chi connectivity index (χ0v) is 25.7. The van der Waals surface area contributed by atoms with E-state index >= 15 is 0 Å². The van der Waals surface area contributed by atoms with Crippen LogP contribution in [0, 0.1) is 24.7 Å². The Kier molecular flexibility index (Phi) is 6.77. The number of imide groups is 2. The van der Waals surface area contributed by atoms with Crippen LogP contribution in [0.2, 0.25) is 5.02 Å². The quantitative estimate of drug-likeness (QED) is 0.204. The first-order valence-electron chi connectivity index (χ1n) is 12.9. The molecule has 2 aliphatic carbocycles. The minimum Gasteiger partial charge on any atom is -0.504 e. The number of aryl methyl sites for hydroxylation is 1. The fourth-order valence-electron chi connectivity index (χ4n) is 6.99. The van der Waals surface area contributed by atoms with Crippen molar-refractivity contribution in [1.82, 2.24) is 4.90 Å². The molecule has 0 aromatic heterocycles. The van der Waals surface area contributed by atoms with Gasteiger partial charge in [-0.25, -0.2) is 4.90 Å². The molecule has 41 heavy (non-hydrogen) atoms. The van der Waals surface area contributed by atoms with E-state index in [2.05, 4.69) is 15.9 Å². The third-order valence-corrected chi connectivity index (χ3v) is 11.3. The topological polar surface area (TPSA) is 104 Å². The predicted molar refractivity (Wildman–Crippen MR) is 157 cm³/mol. The average molecular weight is 683 g/mol. The van der Waals surface area contributed by atoms with E-state index in [1.54, 1.807) is 24.3 Å². The molecule has 2 aliphatic heterocycles. The molecule has 6 atom stereocenters. The fraction of sp³-hybridized carbons (Fsp3) is 0.379. The van der Waals surface area contributed by atoms with Gasteiger partial charge in [0.25, 0.3) is 11.8 Å². The number of anilines is 1. The lowest BCUT2D eigenvalue weighted by Crippen LogP contribution is -2.60. The molecular formula is C29H24BrCl3N2O6. The number of amides is 4. The van der Waals surface area contributed by atoms with Gasteiger partial charge in [-0.05, 0) is 61.1 Å². The van der Waals surface area contributed by atoms with E-state index in [1.165, 1.54) is 19.2 Å². The van der Waals surface area contributed by atoms with Crippen LogP contribution in [0.25, 0.3) is 0 Å². The van der Waals surface area contributed by atoms with Crippen molar-refractivity contribution in [3.63, 3.8) is 0 Å². The number of nitrogens with zero attached hydrogens (tertiary/aromatic N) is 2. The Morgan fingerprint density at radius 3 is 2.41 bits per heavy atom. The van der Waals surface area contributed by atoms with E-state index in [4.69, 9.17) is 39.5 Å². The van der Waals surface area contributed by atoms with Crippen molar-refractivity contribution in [2.75, 3.05) is 17.5 Å². The first-order valence-corrected chi connectivity index (χ1v) is 15.2. The molecule has 1 saturated carbocycles.